The van der Waals surface area contributed by atoms with E-state index in [1.807, 2.05) is 0 Å². The molecule has 0 bridgehead atoms. The smallest absolute Gasteiger partial charge is 0.00916 e. The zero-order chi connectivity index (χ0) is 12.3. The predicted molar refractivity (Wildman–Crippen MR) is 74.3 cm³/mol. The summed E-state index contributed by atoms with van der Waals surface area (Å²) in [7, 11) is 0. The Labute approximate surface area is 107 Å². The lowest BCUT2D eigenvalue weighted by Gasteiger charge is -2.35. The van der Waals surface area contributed by atoms with Crippen LogP contribution in [0.15, 0.2) is 0 Å². The average Bonchev–Trinajstić information content (AvgIpc) is 3.08. The number of piperidine rings is 1. The highest BCUT2D eigenvalue weighted by atomic mass is 15.2. The van der Waals surface area contributed by atoms with Crippen LogP contribution < -0.4 is 5.32 Å². The van der Waals surface area contributed by atoms with E-state index >= 15 is 0 Å². The first-order chi connectivity index (χ1) is 8.15. The molecule has 0 spiro atoms. The first kappa shape index (κ1) is 13.4. The van der Waals surface area contributed by atoms with Gasteiger partial charge in [-0.3, -0.25) is 0 Å². The number of nitrogens with one attached hydrogen (secondary N) is 1. The van der Waals surface area contributed by atoms with E-state index in [0.29, 0.717) is 5.41 Å². The van der Waals surface area contributed by atoms with Crippen molar-refractivity contribution >= 4 is 0 Å². The summed E-state index contributed by atoms with van der Waals surface area (Å²) < 4.78 is 0. The summed E-state index contributed by atoms with van der Waals surface area (Å²) in [6.45, 7) is 10.8. The second-order valence-corrected chi connectivity index (χ2v) is 6.53. The molecule has 0 atom stereocenters. The zero-order valence-electron chi connectivity index (χ0n) is 12.0. The van der Waals surface area contributed by atoms with Crippen molar-refractivity contribution in [3.63, 3.8) is 0 Å². The normalized spacial score (nSPS) is 25.4. The molecule has 1 saturated heterocycles. The van der Waals surface area contributed by atoms with E-state index in [-0.39, 0.29) is 0 Å². The van der Waals surface area contributed by atoms with Gasteiger partial charge in [0.25, 0.3) is 0 Å². The van der Waals surface area contributed by atoms with Gasteiger partial charge in [0.1, 0.15) is 0 Å². The third kappa shape index (κ3) is 3.69. The third-order valence-corrected chi connectivity index (χ3v) is 4.76. The first-order valence-electron chi connectivity index (χ1n) is 7.63. The van der Waals surface area contributed by atoms with Gasteiger partial charge in [-0.15, -0.1) is 0 Å². The van der Waals surface area contributed by atoms with Crippen LogP contribution in [0.5, 0.6) is 0 Å². The van der Waals surface area contributed by atoms with Crippen LogP contribution in [0.2, 0.25) is 0 Å². The SMILES string of the molecule is CCCC1(CNC2CCN(C(C)C)CC2)CC1. The first-order valence-corrected chi connectivity index (χ1v) is 7.63. The van der Waals surface area contributed by atoms with E-state index in [2.05, 4.69) is 31.0 Å². The van der Waals surface area contributed by atoms with E-state index < -0.39 is 0 Å². The molecule has 1 N–H and O–H groups in total. The fourth-order valence-electron chi connectivity index (χ4n) is 3.20. The highest BCUT2D eigenvalue weighted by molar-refractivity contribution is 4.95. The van der Waals surface area contributed by atoms with Crippen molar-refractivity contribution in [2.24, 2.45) is 5.41 Å². The van der Waals surface area contributed by atoms with Gasteiger partial charge in [-0.1, -0.05) is 13.3 Å². The molecular formula is C15H30N2. The molecule has 2 aliphatic rings. The average molecular weight is 238 g/mol. The molecule has 1 aliphatic carbocycles. The molecule has 0 aromatic carbocycles. The molecule has 1 saturated carbocycles. The van der Waals surface area contributed by atoms with Crippen LogP contribution in [0.1, 0.15) is 59.3 Å². The van der Waals surface area contributed by atoms with Crippen molar-refractivity contribution in [3.8, 4) is 0 Å². The van der Waals surface area contributed by atoms with Gasteiger partial charge in [0.05, 0.1) is 0 Å². The second-order valence-electron chi connectivity index (χ2n) is 6.53. The molecule has 2 rings (SSSR count). The maximum absolute atomic E-state index is 3.84. The molecule has 0 radical (unpaired) electrons. The molecule has 0 unspecified atom stereocenters. The number of nitrogens with zero attached hydrogens (tertiary/aromatic N) is 1. The van der Waals surface area contributed by atoms with Gasteiger partial charge in [0.15, 0.2) is 0 Å². The topological polar surface area (TPSA) is 15.3 Å². The molecule has 2 nitrogen and oxygen atoms in total. The minimum atomic E-state index is 0.712. The van der Waals surface area contributed by atoms with E-state index in [1.165, 1.54) is 58.2 Å². The Bertz CT molecular complexity index is 225. The Morgan fingerprint density at radius 1 is 1.24 bits per heavy atom. The standard InChI is InChI=1S/C15H30N2/c1-4-7-15(8-9-15)12-16-14-5-10-17(11-6-14)13(2)3/h13-14,16H,4-12H2,1-3H3. The van der Waals surface area contributed by atoms with Gasteiger partial charge in [-0.2, -0.15) is 0 Å². The maximum Gasteiger partial charge on any atom is 0.00916 e. The van der Waals surface area contributed by atoms with Gasteiger partial charge >= 0.3 is 0 Å². The summed E-state index contributed by atoms with van der Waals surface area (Å²) >= 11 is 0. The van der Waals surface area contributed by atoms with Crippen LogP contribution in [-0.4, -0.2) is 36.6 Å². The monoisotopic (exact) mass is 238 g/mol. The summed E-state index contributed by atoms with van der Waals surface area (Å²) in [6.07, 6.45) is 8.43. The highest BCUT2D eigenvalue weighted by Crippen LogP contribution is 2.49. The molecule has 17 heavy (non-hydrogen) atoms. The minimum absolute atomic E-state index is 0.712. The summed E-state index contributed by atoms with van der Waals surface area (Å²) in [5.74, 6) is 0. The van der Waals surface area contributed by atoms with Crippen LogP contribution in [0.3, 0.4) is 0 Å². The largest absolute Gasteiger partial charge is 0.313 e. The fourth-order valence-corrected chi connectivity index (χ4v) is 3.20. The number of likely N-dealkylation sites (tertiary alicyclic amines) is 1. The molecule has 1 aliphatic heterocycles. The summed E-state index contributed by atoms with van der Waals surface area (Å²) in [5.41, 5.74) is 0.712. The van der Waals surface area contributed by atoms with Crippen molar-refractivity contribution in [1.29, 1.82) is 0 Å². The number of hydrogen-bond donors (Lipinski definition) is 1. The summed E-state index contributed by atoms with van der Waals surface area (Å²) in [4.78, 5) is 2.61. The lowest BCUT2D eigenvalue weighted by Crippen LogP contribution is -2.46. The summed E-state index contributed by atoms with van der Waals surface area (Å²) in [6, 6.07) is 1.52. The Hall–Kier alpha value is -0.0800. The van der Waals surface area contributed by atoms with Gasteiger partial charge in [0, 0.05) is 18.6 Å². The summed E-state index contributed by atoms with van der Waals surface area (Å²) in [5, 5.41) is 3.84. The van der Waals surface area contributed by atoms with Crippen molar-refractivity contribution in [3.05, 3.63) is 0 Å². The van der Waals surface area contributed by atoms with Crippen LogP contribution in [0.4, 0.5) is 0 Å². The van der Waals surface area contributed by atoms with Crippen molar-refractivity contribution in [2.45, 2.75) is 71.4 Å². The van der Waals surface area contributed by atoms with Gasteiger partial charge in [0.2, 0.25) is 0 Å². The lowest BCUT2D eigenvalue weighted by atomic mass is 9.98. The Morgan fingerprint density at radius 3 is 2.35 bits per heavy atom. The molecule has 2 heteroatoms. The van der Waals surface area contributed by atoms with E-state index in [4.69, 9.17) is 0 Å². The maximum atomic E-state index is 3.84. The van der Waals surface area contributed by atoms with E-state index in [0.717, 1.165) is 12.1 Å². The van der Waals surface area contributed by atoms with Gasteiger partial charge in [-0.05, 0) is 64.5 Å². The Balaban J connectivity index is 1.65. The van der Waals surface area contributed by atoms with Gasteiger partial charge < -0.3 is 10.2 Å². The molecule has 0 aromatic rings. The molecular weight excluding hydrogens is 208 g/mol. The zero-order valence-corrected chi connectivity index (χ0v) is 12.0. The quantitative estimate of drug-likeness (QED) is 0.765. The Morgan fingerprint density at radius 2 is 1.88 bits per heavy atom. The predicted octanol–water partition coefficient (Wildman–Crippen LogP) is 3.03. The highest BCUT2D eigenvalue weighted by Gasteiger charge is 2.41. The fraction of sp³-hybridized carbons (Fsp3) is 1.00. The van der Waals surface area contributed by atoms with Crippen LogP contribution in [-0.2, 0) is 0 Å². The third-order valence-electron chi connectivity index (χ3n) is 4.76. The Kier molecular flexibility index (Phi) is 4.48. The van der Waals surface area contributed by atoms with E-state index in [1.54, 1.807) is 0 Å². The van der Waals surface area contributed by atoms with Gasteiger partial charge in [-0.25, -0.2) is 0 Å². The lowest BCUT2D eigenvalue weighted by molar-refractivity contribution is 0.158. The van der Waals surface area contributed by atoms with Crippen LogP contribution >= 0.6 is 0 Å². The molecule has 0 amide bonds. The van der Waals surface area contributed by atoms with Crippen molar-refractivity contribution in [2.75, 3.05) is 19.6 Å². The molecule has 100 valence electrons. The number of rotatable bonds is 6. The molecule has 0 aromatic heterocycles. The van der Waals surface area contributed by atoms with E-state index in [9.17, 15) is 0 Å². The number of hydrogen-bond acceptors (Lipinski definition) is 2. The van der Waals surface area contributed by atoms with Crippen molar-refractivity contribution in [1.82, 2.24) is 10.2 Å². The van der Waals surface area contributed by atoms with Crippen molar-refractivity contribution < 1.29 is 0 Å². The molecule has 1 heterocycles. The second kappa shape index (κ2) is 5.71. The minimum Gasteiger partial charge on any atom is -0.313 e. The van der Waals surface area contributed by atoms with Crippen LogP contribution in [0.25, 0.3) is 0 Å². The van der Waals surface area contributed by atoms with Crippen LogP contribution in [0, 0.1) is 5.41 Å². The molecule has 2 fully saturated rings.